The molecule has 1 fully saturated rings. The number of hydrogen-bond acceptors (Lipinski definition) is 2. The summed E-state index contributed by atoms with van der Waals surface area (Å²) in [6, 6.07) is 7.90. The van der Waals surface area contributed by atoms with E-state index in [1.54, 1.807) is 7.11 Å². The third-order valence-corrected chi connectivity index (χ3v) is 2.95. The summed E-state index contributed by atoms with van der Waals surface area (Å²) in [4.78, 5) is 13.6. The maximum absolute atomic E-state index is 11.6. The number of piperidine rings is 1. The smallest absolute Gasteiger partial charge is 0.222 e. The van der Waals surface area contributed by atoms with Crippen LogP contribution in [0, 0.1) is 0 Å². The topological polar surface area (TPSA) is 29.5 Å². The molecule has 0 radical (unpaired) electrons. The minimum atomic E-state index is 0.280. The molecule has 2 rings (SSSR count). The SMILES string of the molecule is COc1ccc(CN2CCCCC2=O)cc1. The van der Waals surface area contributed by atoms with Crippen molar-refractivity contribution < 1.29 is 9.53 Å². The average molecular weight is 219 g/mol. The van der Waals surface area contributed by atoms with E-state index < -0.39 is 0 Å². The molecule has 0 atom stereocenters. The summed E-state index contributed by atoms with van der Waals surface area (Å²) in [6.07, 6.45) is 2.87. The maximum Gasteiger partial charge on any atom is 0.222 e. The van der Waals surface area contributed by atoms with E-state index in [2.05, 4.69) is 0 Å². The Kier molecular flexibility index (Phi) is 3.44. The van der Waals surface area contributed by atoms with Crippen LogP contribution in [-0.4, -0.2) is 24.5 Å². The Morgan fingerprint density at radius 2 is 2.00 bits per heavy atom. The van der Waals surface area contributed by atoms with Gasteiger partial charge in [0, 0.05) is 19.5 Å². The van der Waals surface area contributed by atoms with Crippen LogP contribution in [0.15, 0.2) is 24.3 Å². The number of likely N-dealkylation sites (tertiary alicyclic amines) is 1. The van der Waals surface area contributed by atoms with Crippen LogP contribution in [0.3, 0.4) is 0 Å². The number of rotatable bonds is 3. The van der Waals surface area contributed by atoms with Gasteiger partial charge in [-0.25, -0.2) is 0 Å². The predicted molar refractivity (Wildman–Crippen MR) is 62.3 cm³/mol. The monoisotopic (exact) mass is 219 g/mol. The minimum absolute atomic E-state index is 0.280. The van der Waals surface area contributed by atoms with Gasteiger partial charge in [-0.05, 0) is 30.5 Å². The van der Waals surface area contributed by atoms with E-state index in [1.807, 2.05) is 29.2 Å². The molecule has 3 heteroatoms. The van der Waals surface area contributed by atoms with Crippen LogP contribution in [0.2, 0.25) is 0 Å². The summed E-state index contributed by atoms with van der Waals surface area (Å²) < 4.78 is 5.10. The normalized spacial score (nSPS) is 16.3. The van der Waals surface area contributed by atoms with Gasteiger partial charge >= 0.3 is 0 Å². The molecule has 0 saturated carbocycles. The zero-order chi connectivity index (χ0) is 11.4. The van der Waals surface area contributed by atoms with Crippen LogP contribution in [-0.2, 0) is 11.3 Å². The quantitative estimate of drug-likeness (QED) is 0.780. The molecule has 0 unspecified atom stereocenters. The third kappa shape index (κ3) is 2.54. The van der Waals surface area contributed by atoms with Gasteiger partial charge in [0.15, 0.2) is 0 Å². The van der Waals surface area contributed by atoms with Gasteiger partial charge in [0.2, 0.25) is 5.91 Å². The van der Waals surface area contributed by atoms with Crippen molar-refractivity contribution >= 4 is 5.91 Å². The van der Waals surface area contributed by atoms with Crippen LogP contribution in [0.5, 0.6) is 5.75 Å². The molecular weight excluding hydrogens is 202 g/mol. The highest BCUT2D eigenvalue weighted by molar-refractivity contribution is 5.76. The minimum Gasteiger partial charge on any atom is -0.497 e. The van der Waals surface area contributed by atoms with Gasteiger partial charge in [-0.3, -0.25) is 4.79 Å². The van der Waals surface area contributed by atoms with Gasteiger partial charge in [-0.1, -0.05) is 12.1 Å². The molecule has 1 amide bonds. The zero-order valence-corrected chi connectivity index (χ0v) is 9.61. The van der Waals surface area contributed by atoms with Crippen molar-refractivity contribution in [1.29, 1.82) is 0 Å². The van der Waals surface area contributed by atoms with Crippen molar-refractivity contribution in [2.45, 2.75) is 25.8 Å². The van der Waals surface area contributed by atoms with E-state index in [0.717, 1.165) is 37.2 Å². The first-order chi connectivity index (χ1) is 7.79. The van der Waals surface area contributed by atoms with E-state index in [1.165, 1.54) is 0 Å². The number of benzene rings is 1. The molecule has 3 nitrogen and oxygen atoms in total. The molecule has 1 aromatic rings. The highest BCUT2D eigenvalue weighted by atomic mass is 16.5. The standard InChI is InChI=1S/C13H17NO2/c1-16-12-7-5-11(6-8-12)10-14-9-3-2-4-13(14)15/h5-8H,2-4,9-10H2,1H3. The Labute approximate surface area is 96.0 Å². The summed E-state index contributed by atoms with van der Waals surface area (Å²) in [6.45, 7) is 1.62. The highest BCUT2D eigenvalue weighted by Crippen LogP contribution is 2.16. The lowest BCUT2D eigenvalue weighted by Gasteiger charge is -2.26. The van der Waals surface area contributed by atoms with E-state index in [9.17, 15) is 4.79 Å². The van der Waals surface area contributed by atoms with Crippen molar-refractivity contribution in [1.82, 2.24) is 4.90 Å². The maximum atomic E-state index is 11.6. The van der Waals surface area contributed by atoms with Gasteiger partial charge in [0.25, 0.3) is 0 Å². The summed E-state index contributed by atoms with van der Waals surface area (Å²) in [5.74, 6) is 1.13. The number of carbonyl (C=O) groups excluding carboxylic acids is 1. The predicted octanol–water partition coefficient (Wildman–Crippen LogP) is 2.21. The van der Waals surface area contributed by atoms with Crippen LogP contribution in [0.25, 0.3) is 0 Å². The fourth-order valence-corrected chi connectivity index (χ4v) is 1.98. The number of hydrogen-bond donors (Lipinski definition) is 0. The Bertz CT molecular complexity index is 359. The molecule has 86 valence electrons. The van der Waals surface area contributed by atoms with Gasteiger partial charge in [0.05, 0.1) is 7.11 Å². The van der Waals surface area contributed by atoms with Gasteiger partial charge in [-0.2, -0.15) is 0 Å². The molecule has 1 aliphatic heterocycles. The second-order valence-electron chi connectivity index (χ2n) is 4.12. The van der Waals surface area contributed by atoms with Crippen molar-refractivity contribution in [3.63, 3.8) is 0 Å². The lowest BCUT2D eigenvalue weighted by atomic mass is 10.1. The van der Waals surface area contributed by atoms with Gasteiger partial charge in [-0.15, -0.1) is 0 Å². The molecule has 0 bridgehead atoms. The molecule has 0 N–H and O–H groups in total. The Hall–Kier alpha value is -1.51. The van der Waals surface area contributed by atoms with E-state index in [4.69, 9.17) is 4.74 Å². The first-order valence-corrected chi connectivity index (χ1v) is 5.70. The first kappa shape index (κ1) is 11.0. The van der Waals surface area contributed by atoms with Crippen molar-refractivity contribution in [3.05, 3.63) is 29.8 Å². The number of carbonyl (C=O) groups is 1. The van der Waals surface area contributed by atoms with Gasteiger partial charge in [0.1, 0.15) is 5.75 Å². The second-order valence-corrected chi connectivity index (χ2v) is 4.12. The molecule has 1 aromatic carbocycles. The Morgan fingerprint density at radius 3 is 2.62 bits per heavy atom. The van der Waals surface area contributed by atoms with Crippen molar-refractivity contribution in [2.75, 3.05) is 13.7 Å². The second kappa shape index (κ2) is 5.01. The van der Waals surface area contributed by atoms with Crippen LogP contribution >= 0.6 is 0 Å². The summed E-state index contributed by atoms with van der Waals surface area (Å²) in [5.41, 5.74) is 1.16. The molecule has 0 aromatic heterocycles. The van der Waals surface area contributed by atoms with Gasteiger partial charge < -0.3 is 9.64 Å². The Balaban J connectivity index is 1.99. The first-order valence-electron chi connectivity index (χ1n) is 5.70. The van der Waals surface area contributed by atoms with Crippen LogP contribution in [0.4, 0.5) is 0 Å². The zero-order valence-electron chi connectivity index (χ0n) is 9.61. The molecular formula is C13H17NO2. The highest BCUT2D eigenvalue weighted by Gasteiger charge is 2.17. The third-order valence-electron chi connectivity index (χ3n) is 2.95. The molecule has 0 spiro atoms. The Morgan fingerprint density at radius 1 is 1.25 bits per heavy atom. The number of amides is 1. The van der Waals surface area contributed by atoms with Crippen molar-refractivity contribution in [2.24, 2.45) is 0 Å². The molecule has 0 aliphatic carbocycles. The molecule has 1 aliphatic rings. The largest absolute Gasteiger partial charge is 0.497 e. The number of nitrogens with zero attached hydrogens (tertiary/aromatic N) is 1. The molecule has 16 heavy (non-hydrogen) atoms. The molecule has 1 saturated heterocycles. The lowest BCUT2D eigenvalue weighted by Crippen LogP contribution is -2.34. The van der Waals surface area contributed by atoms with E-state index in [-0.39, 0.29) is 5.91 Å². The van der Waals surface area contributed by atoms with Crippen molar-refractivity contribution in [3.8, 4) is 5.75 Å². The molecule has 1 heterocycles. The fourth-order valence-electron chi connectivity index (χ4n) is 1.98. The lowest BCUT2D eigenvalue weighted by molar-refractivity contribution is -0.133. The number of methoxy groups -OCH3 is 1. The summed E-state index contributed by atoms with van der Waals surface area (Å²) >= 11 is 0. The van der Waals surface area contributed by atoms with Crippen LogP contribution < -0.4 is 4.74 Å². The fraction of sp³-hybridized carbons (Fsp3) is 0.462. The average Bonchev–Trinajstić information content (AvgIpc) is 2.33. The summed E-state index contributed by atoms with van der Waals surface area (Å²) in [7, 11) is 1.66. The van der Waals surface area contributed by atoms with Crippen LogP contribution in [0.1, 0.15) is 24.8 Å². The van der Waals surface area contributed by atoms with E-state index in [0.29, 0.717) is 6.42 Å². The number of ether oxygens (including phenoxy) is 1. The summed E-state index contributed by atoms with van der Waals surface area (Å²) in [5, 5.41) is 0. The van der Waals surface area contributed by atoms with E-state index >= 15 is 0 Å².